The van der Waals surface area contributed by atoms with Crippen LogP contribution in [0.5, 0.6) is 0 Å². The molecule has 16 heavy (non-hydrogen) atoms. The van der Waals surface area contributed by atoms with Crippen LogP contribution in [0.3, 0.4) is 0 Å². The van der Waals surface area contributed by atoms with Gasteiger partial charge in [0.25, 0.3) is 0 Å². The van der Waals surface area contributed by atoms with E-state index < -0.39 is 0 Å². The van der Waals surface area contributed by atoms with Crippen LogP contribution in [0.4, 0.5) is 5.82 Å². The molecule has 0 bridgehead atoms. The van der Waals surface area contributed by atoms with Crippen molar-refractivity contribution in [1.29, 1.82) is 5.26 Å². The van der Waals surface area contributed by atoms with E-state index >= 15 is 0 Å². The number of nitrogens with two attached hydrogens (primary N) is 1. The van der Waals surface area contributed by atoms with E-state index in [4.69, 9.17) is 11.0 Å². The molecule has 2 atom stereocenters. The van der Waals surface area contributed by atoms with E-state index in [9.17, 15) is 0 Å². The minimum absolute atomic E-state index is 0.376. The molecule has 1 aliphatic rings. The molecule has 1 saturated carbocycles. The lowest BCUT2D eigenvalue weighted by Crippen LogP contribution is -2.17. The number of nitriles is 1. The van der Waals surface area contributed by atoms with Crippen LogP contribution in [0.25, 0.3) is 0 Å². The topological polar surface area (TPSA) is 74.7 Å². The molecule has 0 aromatic carbocycles. The van der Waals surface area contributed by atoms with E-state index in [1.54, 1.807) is 12.3 Å². The summed E-state index contributed by atoms with van der Waals surface area (Å²) < 4.78 is 0. The predicted octanol–water partition coefficient (Wildman–Crippen LogP) is 1.49. The second-order valence-electron chi connectivity index (χ2n) is 4.36. The zero-order chi connectivity index (χ0) is 11.4. The third kappa shape index (κ3) is 2.71. The fourth-order valence-electron chi connectivity index (χ4n) is 2.11. The van der Waals surface area contributed by atoms with Crippen LogP contribution in [-0.2, 0) is 0 Å². The monoisotopic (exact) mass is 216 g/mol. The fourth-order valence-corrected chi connectivity index (χ4v) is 2.11. The van der Waals surface area contributed by atoms with Crippen LogP contribution in [0.1, 0.15) is 24.8 Å². The zero-order valence-electron chi connectivity index (χ0n) is 9.19. The average Bonchev–Trinajstić information content (AvgIpc) is 2.73. The maximum absolute atomic E-state index is 8.64. The number of hydrogen-bond acceptors (Lipinski definition) is 4. The van der Waals surface area contributed by atoms with Gasteiger partial charge < -0.3 is 11.1 Å². The highest BCUT2D eigenvalue weighted by molar-refractivity contribution is 5.38. The molecule has 0 saturated heterocycles. The van der Waals surface area contributed by atoms with Gasteiger partial charge in [-0.2, -0.15) is 5.26 Å². The molecule has 0 aliphatic heterocycles. The van der Waals surface area contributed by atoms with Crippen molar-refractivity contribution in [2.45, 2.75) is 25.3 Å². The first kappa shape index (κ1) is 10.9. The Hall–Kier alpha value is -1.60. The maximum atomic E-state index is 8.64. The number of pyridine rings is 1. The SMILES string of the molecule is N#Cc1ccc(NCC2CC[C@@H](N)C2)nc1. The van der Waals surface area contributed by atoms with Gasteiger partial charge in [-0.1, -0.05) is 0 Å². The lowest BCUT2D eigenvalue weighted by Gasteiger charge is -2.11. The molecule has 1 heterocycles. The summed E-state index contributed by atoms with van der Waals surface area (Å²) in [6, 6.07) is 6.04. The molecule has 3 N–H and O–H groups in total. The summed E-state index contributed by atoms with van der Waals surface area (Å²) >= 11 is 0. The maximum Gasteiger partial charge on any atom is 0.125 e. The van der Waals surface area contributed by atoms with Crippen molar-refractivity contribution < 1.29 is 0 Å². The van der Waals surface area contributed by atoms with Crippen LogP contribution in [0.15, 0.2) is 18.3 Å². The molecule has 1 aromatic heterocycles. The molecule has 1 unspecified atom stereocenters. The van der Waals surface area contributed by atoms with Gasteiger partial charge in [0.15, 0.2) is 0 Å². The van der Waals surface area contributed by atoms with Crippen LogP contribution in [0.2, 0.25) is 0 Å². The summed E-state index contributed by atoms with van der Waals surface area (Å²) in [6.45, 7) is 0.923. The van der Waals surface area contributed by atoms with E-state index in [1.807, 2.05) is 6.07 Å². The van der Waals surface area contributed by atoms with Crippen molar-refractivity contribution in [3.8, 4) is 6.07 Å². The van der Waals surface area contributed by atoms with Crippen LogP contribution >= 0.6 is 0 Å². The predicted molar refractivity (Wildman–Crippen MR) is 62.8 cm³/mol. The van der Waals surface area contributed by atoms with E-state index in [0.717, 1.165) is 25.2 Å². The van der Waals surface area contributed by atoms with Crippen molar-refractivity contribution in [3.05, 3.63) is 23.9 Å². The van der Waals surface area contributed by atoms with E-state index in [0.29, 0.717) is 17.5 Å². The Morgan fingerprint density at radius 2 is 2.38 bits per heavy atom. The van der Waals surface area contributed by atoms with Crippen molar-refractivity contribution in [1.82, 2.24) is 4.98 Å². The molecule has 1 aliphatic carbocycles. The van der Waals surface area contributed by atoms with E-state index in [2.05, 4.69) is 16.4 Å². The van der Waals surface area contributed by atoms with Gasteiger partial charge in [0.1, 0.15) is 11.9 Å². The van der Waals surface area contributed by atoms with Crippen molar-refractivity contribution in [2.24, 2.45) is 11.7 Å². The van der Waals surface area contributed by atoms with Crippen LogP contribution in [0, 0.1) is 17.2 Å². The summed E-state index contributed by atoms with van der Waals surface area (Å²) in [5.74, 6) is 1.49. The quantitative estimate of drug-likeness (QED) is 0.802. The van der Waals surface area contributed by atoms with Gasteiger partial charge in [-0.05, 0) is 37.3 Å². The molecule has 0 radical (unpaired) electrons. The summed E-state index contributed by atoms with van der Waals surface area (Å²) in [5.41, 5.74) is 6.44. The second-order valence-corrected chi connectivity index (χ2v) is 4.36. The third-order valence-electron chi connectivity index (χ3n) is 3.05. The highest BCUT2D eigenvalue weighted by atomic mass is 15.0. The highest BCUT2D eigenvalue weighted by Crippen LogP contribution is 2.24. The van der Waals surface area contributed by atoms with Gasteiger partial charge in [0.2, 0.25) is 0 Å². The minimum atomic E-state index is 0.376. The standard InChI is InChI=1S/C12H16N4/c13-6-10-2-4-12(16-8-10)15-7-9-1-3-11(14)5-9/h2,4,8-9,11H,1,3,5,7,14H2,(H,15,16)/t9?,11-/m1/s1. The average molecular weight is 216 g/mol. The number of hydrogen-bond donors (Lipinski definition) is 2. The first-order valence-corrected chi connectivity index (χ1v) is 5.63. The summed E-state index contributed by atoms with van der Waals surface area (Å²) in [7, 11) is 0. The Labute approximate surface area is 95.5 Å². The van der Waals surface area contributed by atoms with E-state index in [-0.39, 0.29) is 0 Å². The number of rotatable bonds is 3. The first-order valence-electron chi connectivity index (χ1n) is 5.63. The fraction of sp³-hybridized carbons (Fsp3) is 0.500. The van der Waals surface area contributed by atoms with Crippen molar-refractivity contribution >= 4 is 5.82 Å². The van der Waals surface area contributed by atoms with Gasteiger partial charge >= 0.3 is 0 Å². The lowest BCUT2D eigenvalue weighted by molar-refractivity contribution is 0.565. The molecular weight excluding hydrogens is 200 g/mol. The largest absolute Gasteiger partial charge is 0.370 e. The van der Waals surface area contributed by atoms with Gasteiger partial charge in [-0.25, -0.2) is 4.98 Å². The van der Waals surface area contributed by atoms with Crippen LogP contribution < -0.4 is 11.1 Å². The second kappa shape index (κ2) is 4.95. The first-order chi connectivity index (χ1) is 7.78. The molecule has 1 fully saturated rings. The Morgan fingerprint density at radius 1 is 1.50 bits per heavy atom. The number of anilines is 1. The molecular formula is C12H16N4. The van der Waals surface area contributed by atoms with Crippen molar-refractivity contribution in [2.75, 3.05) is 11.9 Å². The van der Waals surface area contributed by atoms with Gasteiger partial charge in [0.05, 0.1) is 5.56 Å². The number of aromatic nitrogens is 1. The number of nitrogens with zero attached hydrogens (tertiary/aromatic N) is 2. The molecule has 84 valence electrons. The lowest BCUT2D eigenvalue weighted by atomic mass is 10.1. The van der Waals surface area contributed by atoms with Crippen LogP contribution in [-0.4, -0.2) is 17.6 Å². The molecule has 0 amide bonds. The normalized spacial score (nSPS) is 24.0. The summed E-state index contributed by atoms with van der Waals surface area (Å²) in [6.07, 6.45) is 5.02. The minimum Gasteiger partial charge on any atom is -0.370 e. The molecule has 4 nitrogen and oxygen atoms in total. The zero-order valence-corrected chi connectivity index (χ0v) is 9.19. The highest BCUT2D eigenvalue weighted by Gasteiger charge is 2.21. The molecule has 1 aromatic rings. The summed E-state index contributed by atoms with van der Waals surface area (Å²) in [4.78, 5) is 4.16. The Balaban J connectivity index is 1.83. The van der Waals surface area contributed by atoms with Crippen molar-refractivity contribution in [3.63, 3.8) is 0 Å². The Morgan fingerprint density at radius 3 is 2.94 bits per heavy atom. The third-order valence-corrected chi connectivity index (χ3v) is 3.05. The Bertz CT molecular complexity index is 379. The van der Waals surface area contributed by atoms with E-state index in [1.165, 1.54) is 6.42 Å². The van der Waals surface area contributed by atoms with Gasteiger partial charge in [-0.3, -0.25) is 0 Å². The van der Waals surface area contributed by atoms with Gasteiger partial charge in [0, 0.05) is 18.8 Å². The molecule has 2 rings (SSSR count). The smallest absolute Gasteiger partial charge is 0.125 e. The summed E-state index contributed by atoms with van der Waals surface area (Å²) in [5, 5.41) is 11.9. The molecule has 4 heteroatoms. The number of nitrogens with one attached hydrogen (secondary N) is 1. The van der Waals surface area contributed by atoms with Gasteiger partial charge in [-0.15, -0.1) is 0 Å². The molecule has 0 spiro atoms. The Kier molecular flexibility index (Phi) is 3.37.